The molecule has 0 aliphatic carbocycles. The molecule has 1 heterocycles. The standard InChI is InChI=1S/C14H22N2O/c1-4-5-6-12(2)14(17)15-11-13-7-9-16(3)10-8-13/h4-5,13H,1,7-11H2,2-3H3,(H,15,17). The van der Waals surface area contributed by atoms with Crippen LogP contribution in [0.2, 0.25) is 0 Å². The first kappa shape index (κ1) is 13.8. The van der Waals surface area contributed by atoms with Gasteiger partial charge in [-0.15, -0.1) is 5.73 Å². The number of carbonyl (C=O) groups is 1. The largest absolute Gasteiger partial charge is 0.352 e. The molecule has 1 aliphatic rings. The van der Waals surface area contributed by atoms with Gasteiger partial charge < -0.3 is 10.2 Å². The molecular weight excluding hydrogens is 212 g/mol. The van der Waals surface area contributed by atoms with Crippen molar-refractivity contribution in [3.05, 3.63) is 30.0 Å². The summed E-state index contributed by atoms with van der Waals surface area (Å²) >= 11 is 0. The van der Waals surface area contributed by atoms with Gasteiger partial charge in [-0.05, 0) is 51.9 Å². The number of hydrogen-bond donors (Lipinski definition) is 1. The molecule has 1 amide bonds. The van der Waals surface area contributed by atoms with Crippen LogP contribution in [0.25, 0.3) is 0 Å². The first-order valence-electron chi connectivity index (χ1n) is 6.14. The molecule has 1 N–H and O–H groups in total. The van der Waals surface area contributed by atoms with E-state index in [9.17, 15) is 4.79 Å². The summed E-state index contributed by atoms with van der Waals surface area (Å²) in [4.78, 5) is 14.0. The zero-order valence-corrected chi connectivity index (χ0v) is 10.8. The van der Waals surface area contributed by atoms with E-state index in [1.807, 2.05) is 0 Å². The molecule has 0 saturated carbocycles. The Labute approximate surface area is 104 Å². The normalized spacial score (nSPS) is 17.1. The lowest BCUT2D eigenvalue weighted by Crippen LogP contribution is -2.37. The monoisotopic (exact) mass is 234 g/mol. The van der Waals surface area contributed by atoms with Crippen LogP contribution in [0.1, 0.15) is 19.8 Å². The van der Waals surface area contributed by atoms with Gasteiger partial charge in [-0.3, -0.25) is 4.79 Å². The molecule has 17 heavy (non-hydrogen) atoms. The van der Waals surface area contributed by atoms with Gasteiger partial charge in [0.25, 0.3) is 5.91 Å². The number of allylic oxidation sites excluding steroid dienone is 1. The summed E-state index contributed by atoms with van der Waals surface area (Å²) < 4.78 is 0. The van der Waals surface area contributed by atoms with Crippen molar-refractivity contribution in [2.45, 2.75) is 19.8 Å². The summed E-state index contributed by atoms with van der Waals surface area (Å²) in [7, 11) is 2.14. The molecule has 3 heteroatoms. The maximum Gasteiger partial charge on any atom is 0.254 e. The quantitative estimate of drug-likeness (QED) is 0.456. The number of rotatable bonds is 4. The average Bonchev–Trinajstić information content (AvgIpc) is 2.34. The Balaban J connectivity index is 2.33. The van der Waals surface area contributed by atoms with Crippen LogP contribution in [0.5, 0.6) is 0 Å². The van der Waals surface area contributed by atoms with Crippen LogP contribution in [-0.2, 0) is 4.79 Å². The highest BCUT2D eigenvalue weighted by molar-refractivity contribution is 5.92. The number of carbonyl (C=O) groups excluding carboxylic acids is 1. The third-order valence-electron chi connectivity index (χ3n) is 3.15. The van der Waals surface area contributed by atoms with Crippen molar-refractivity contribution in [1.82, 2.24) is 10.2 Å². The summed E-state index contributed by atoms with van der Waals surface area (Å²) in [6.45, 7) is 8.36. The fraction of sp³-hybridized carbons (Fsp3) is 0.571. The van der Waals surface area contributed by atoms with Crippen LogP contribution in [0.15, 0.2) is 30.0 Å². The first-order chi connectivity index (χ1) is 8.13. The van der Waals surface area contributed by atoms with Crippen molar-refractivity contribution < 1.29 is 4.79 Å². The lowest BCUT2D eigenvalue weighted by molar-refractivity contribution is -0.117. The predicted molar refractivity (Wildman–Crippen MR) is 70.7 cm³/mol. The number of piperidine rings is 1. The third-order valence-corrected chi connectivity index (χ3v) is 3.15. The Hall–Kier alpha value is -1.31. The predicted octanol–water partition coefficient (Wildman–Crippen LogP) is 1.73. The second kappa shape index (κ2) is 7.10. The molecule has 3 nitrogen and oxygen atoms in total. The molecule has 1 saturated heterocycles. The Morgan fingerprint density at radius 3 is 2.76 bits per heavy atom. The van der Waals surface area contributed by atoms with E-state index in [-0.39, 0.29) is 5.91 Å². The van der Waals surface area contributed by atoms with Gasteiger partial charge >= 0.3 is 0 Å². The summed E-state index contributed by atoms with van der Waals surface area (Å²) in [6, 6.07) is 0. The maximum atomic E-state index is 11.7. The smallest absolute Gasteiger partial charge is 0.254 e. The summed E-state index contributed by atoms with van der Waals surface area (Å²) in [5.74, 6) is 0.591. The van der Waals surface area contributed by atoms with Crippen molar-refractivity contribution in [3.63, 3.8) is 0 Å². The van der Waals surface area contributed by atoms with E-state index in [0.717, 1.165) is 19.6 Å². The second-order valence-electron chi connectivity index (χ2n) is 4.63. The van der Waals surface area contributed by atoms with Gasteiger partial charge in [-0.1, -0.05) is 12.7 Å². The number of hydrogen-bond acceptors (Lipinski definition) is 2. The number of nitrogens with zero attached hydrogens (tertiary/aromatic N) is 1. The molecule has 0 spiro atoms. The summed E-state index contributed by atoms with van der Waals surface area (Å²) in [5, 5.41) is 2.96. The summed E-state index contributed by atoms with van der Waals surface area (Å²) in [5.41, 5.74) is 3.49. The van der Waals surface area contributed by atoms with Crippen molar-refractivity contribution in [2.75, 3.05) is 26.7 Å². The van der Waals surface area contributed by atoms with Crippen molar-refractivity contribution >= 4 is 5.91 Å². The van der Waals surface area contributed by atoms with Crippen LogP contribution in [0.3, 0.4) is 0 Å². The van der Waals surface area contributed by atoms with E-state index in [2.05, 4.69) is 29.6 Å². The van der Waals surface area contributed by atoms with E-state index >= 15 is 0 Å². The Bertz CT molecular complexity index is 332. The highest BCUT2D eigenvalue weighted by atomic mass is 16.1. The third kappa shape index (κ3) is 5.03. The molecule has 0 atom stereocenters. The van der Waals surface area contributed by atoms with Crippen molar-refractivity contribution in [1.29, 1.82) is 0 Å². The topological polar surface area (TPSA) is 32.3 Å². The van der Waals surface area contributed by atoms with Gasteiger partial charge in [0.1, 0.15) is 0 Å². The fourth-order valence-corrected chi connectivity index (χ4v) is 1.89. The zero-order valence-electron chi connectivity index (χ0n) is 10.8. The molecule has 94 valence electrons. The van der Waals surface area contributed by atoms with Gasteiger partial charge in [-0.2, -0.15) is 0 Å². The van der Waals surface area contributed by atoms with Crippen molar-refractivity contribution in [2.24, 2.45) is 5.92 Å². The molecule has 1 fully saturated rings. The van der Waals surface area contributed by atoms with Crippen LogP contribution in [-0.4, -0.2) is 37.5 Å². The minimum absolute atomic E-state index is 0.0259. The molecular formula is C14H22N2O. The van der Waals surface area contributed by atoms with Gasteiger partial charge in [0.15, 0.2) is 0 Å². The Morgan fingerprint density at radius 2 is 2.18 bits per heavy atom. The first-order valence-corrected chi connectivity index (χ1v) is 6.14. The highest BCUT2D eigenvalue weighted by Crippen LogP contribution is 2.14. The summed E-state index contributed by atoms with van der Waals surface area (Å²) in [6.07, 6.45) is 5.61. The second-order valence-corrected chi connectivity index (χ2v) is 4.63. The lowest BCUT2D eigenvalue weighted by atomic mass is 9.97. The van der Waals surface area contributed by atoms with Gasteiger partial charge in [-0.25, -0.2) is 0 Å². The van der Waals surface area contributed by atoms with Crippen LogP contribution in [0.4, 0.5) is 0 Å². The maximum absolute atomic E-state index is 11.7. The molecule has 0 aromatic rings. The van der Waals surface area contributed by atoms with E-state index in [1.165, 1.54) is 12.8 Å². The lowest BCUT2D eigenvalue weighted by Gasteiger charge is -2.28. The molecule has 0 bridgehead atoms. The number of nitrogens with one attached hydrogen (secondary N) is 1. The fourth-order valence-electron chi connectivity index (χ4n) is 1.89. The SMILES string of the molecule is C=CC=C=C(C)C(=O)NCC1CCN(C)CC1. The van der Waals surface area contributed by atoms with E-state index in [0.29, 0.717) is 11.5 Å². The zero-order chi connectivity index (χ0) is 12.7. The molecule has 1 aliphatic heterocycles. The minimum atomic E-state index is -0.0259. The highest BCUT2D eigenvalue weighted by Gasteiger charge is 2.17. The van der Waals surface area contributed by atoms with Gasteiger partial charge in [0, 0.05) is 6.54 Å². The van der Waals surface area contributed by atoms with Crippen molar-refractivity contribution in [3.8, 4) is 0 Å². The van der Waals surface area contributed by atoms with E-state index in [1.54, 1.807) is 19.1 Å². The van der Waals surface area contributed by atoms with Crippen LogP contribution < -0.4 is 5.32 Å². The number of likely N-dealkylation sites (tertiary alicyclic amines) is 1. The molecule has 0 aromatic heterocycles. The van der Waals surface area contributed by atoms with E-state index in [4.69, 9.17) is 0 Å². The minimum Gasteiger partial charge on any atom is -0.352 e. The van der Waals surface area contributed by atoms with Crippen LogP contribution in [0, 0.1) is 5.92 Å². The Kier molecular flexibility index (Phi) is 5.75. The molecule has 0 aromatic carbocycles. The van der Waals surface area contributed by atoms with Crippen LogP contribution >= 0.6 is 0 Å². The molecule has 1 rings (SSSR count). The van der Waals surface area contributed by atoms with Gasteiger partial charge in [0.05, 0.1) is 5.57 Å². The number of amides is 1. The molecule has 0 unspecified atom stereocenters. The van der Waals surface area contributed by atoms with E-state index < -0.39 is 0 Å². The average molecular weight is 234 g/mol. The van der Waals surface area contributed by atoms with Gasteiger partial charge in [0.2, 0.25) is 0 Å². The molecule has 0 radical (unpaired) electrons. The Morgan fingerprint density at radius 1 is 1.53 bits per heavy atom.